The smallest absolute Gasteiger partial charge is 0.230 e. The Morgan fingerprint density at radius 2 is 2.17 bits per heavy atom. The molecule has 0 aliphatic carbocycles. The van der Waals surface area contributed by atoms with Gasteiger partial charge >= 0.3 is 0 Å². The molecular formula is C17H16N2O2S2. The summed E-state index contributed by atoms with van der Waals surface area (Å²) >= 11 is 3.18. The number of hydrogen-bond donors (Lipinski definition) is 1. The molecule has 0 fully saturated rings. The maximum atomic E-state index is 12.2. The molecule has 0 aliphatic rings. The highest BCUT2D eigenvalue weighted by atomic mass is 32.2. The average molecular weight is 344 g/mol. The number of benzene rings is 2. The van der Waals surface area contributed by atoms with Crippen LogP contribution in [0, 0.1) is 0 Å². The van der Waals surface area contributed by atoms with Crippen molar-refractivity contribution in [3.63, 3.8) is 0 Å². The van der Waals surface area contributed by atoms with Gasteiger partial charge in [-0.2, -0.15) is 0 Å². The Labute approximate surface area is 142 Å². The van der Waals surface area contributed by atoms with E-state index in [1.54, 1.807) is 18.9 Å². The molecule has 1 aromatic heterocycles. The summed E-state index contributed by atoms with van der Waals surface area (Å²) in [5.74, 6) is 0.669. The Morgan fingerprint density at radius 3 is 2.96 bits per heavy atom. The van der Waals surface area contributed by atoms with E-state index in [2.05, 4.69) is 16.4 Å². The highest BCUT2D eigenvalue weighted by molar-refractivity contribution is 7.98. The summed E-state index contributed by atoms with van der Waals surface area (Å²) in [5, 5.41) is 3.51. The van der Waals surface area contributed by atoms with E-state index in [0.29, 0.717) is 11.6 Å². The first-order valence-electron chi connectivity index (χ1n) is 7.05. The minimum absolute atomic E-state index is 0.0811. The molecule has 0 radical (unpaired) electrons. The highest BCUT2D eigenvalue weighted by Crippen LogP contribution is 2.29. The number of thioether (sulfide) groups is 1. The number of fused-ring (bicyclic) bond motifs is 1. The van der Waals surface area contributed by atoms with Crippen molar-refractivity contribution in [2.45, 2.75) is 11.3 Å². The van der Waals surface area contributed by atoms with Crippen molar-refractivity contribution in [2.24, 2.45) is 0 Å². The van der Waals surface area contributed by atoms with E-state index < -0.39 is 0 Å². The van der Waals surface area contributed by atoms with E-state index in [1.807, 2.05) is 42.7 Å². The molecular weight excluding hydrogens is 328 g/mol. The Bertz CT molecular complexity index is 845. The lowest BCUT2D eigenvalue weighted by atomic mass is 10.1. The Kier molecular flexibility index (Phi) is 4.83. The van der Waals surface area contributed by atoms with Crippen molar-refractivity contribution in [3.8, 4) is 5.75 Å². The van der Waals surface area contributed by atoms with Crippen LogP contribution in [0.5, 0.6) is 5.75 Å². The summed E-state index contributed by atoms with van der Waals surface area (Å²) in [4.78, 5) is 17.8. The molecule has 3 aromatic rings. The number of nitrogens with one attached hydrogen (secondary N) is 1. The lowest BCUT2D eigenvalue weighted by molar-refractivity contribution is -0.115. The second-order valence-corrected chi connectivity index (χ2v) is 6.84. The fourth-order valence-electron chi connectivity index (χ4n) is 2.22. The molecule has 118 valence electrons. The van der Waals surface area contributed by atoms with Crippen LogP contribution in [0.15, 0.2) is 47.4 Å². The third-order valence-corrected chi connectivity index (χ3v) is 5.00. The van der Waals surface area contributed by atoms with Crippen LogP contribution in [0.4, 0.5) is 5.13 Å². The van der Waals surface area contributed by atoms with Gasteiger partial charge in [0.05, 0.1) is 23.7 Å². The molecule has 0 saturated heterocycles. The maximum absolute atomic E-state index is 12.2. The van der Waals surface area contributed by atoms with Crippen molar-refractivity contribution >= 4 is 44.4 Å². The van der Waals surface area contributed by atoms with E-state index >= 15 is 0 Å². The number of hydrogen-bond acceptors (Lipinski definition) is 5. The summed E-state index contributed by atoms with van der Waals surface area (Å²) < 4.78 is 6.25. The summed E-state index contributed by atoms with van der Waals surface area (Å²) in [7, 11) is 1.61. The number of amides is 1. The van der Waals surface area contributed by atoms with Gasteiger partial charge in [0.1, 0.15) is 5.75 Å². The topological polar surface area (TPSA) is 51.2 Å². The number of nitrogens with zero attached hydrogens (tertiary/aromatic N) is 1. The standard InChI is InChI=1S/C17H16N2O2S2/c1-21-12-5-3-4-11(8-12)9-16(20)19-17-18-14-7-6-13(22-2)10-15(14)23-17/h3-8,10H,9H2,1-2H3,(H,18,19,20). The number of rotatable bonds is 5. The van der Waals surface area contributed by atoms with Crippen LogP contribution in [0.1, 0.15) is 5.56 Å². The summed E-state index contributed by atoms with van der Waals surface area (Å²) in [6.45, 7) is 0. The third kappa shape index (κ3) is 3.83. The molecule has 1 heterocycles. The lowest BCUT2D eigenvalue weighted by Gasteiger charge is -2.04. The van der Waals surface area contributed by atoms with Gasteiger partial charge in [-0.05, 0) is 42.2 Å². The SMILES string of the molecule is COc1cccc(CC(=O)Nc2nc3ccc(SC)cc3s2)c1. The fraction of sp³-hybridized carbons (Fsp3) is 0.176. The van der Waals surface area contributed by atoms with E-state index in [9.17, 15) is 4.79 Å². The molecule has 6 heteroatoms. The van der Waals surface area contributed by atoms with Crippen LogP contribution in [-0.2, 0) is 11.2 Å². The Balaban J connectivity index is 1.72. The zero-order valence-corrected chi connectivity index (χ0v) is 14.5. The molecule has 0 spiro atoms. The largest absolute Gasteiger partial charge is 0.497 e. The van der Waals surface area contributed by atoms with Gasteiger partial charge in [-0.25, -0.2) is 4.98 Å². The van der Waals surface area contributed by atoms with Crippen molar-refractivity contribution in [1.82, 2.24) is 4.98 Å². The number of aromatic nitrogens is 1. The van der Waals surface area contributed by atoms with Crippen molar-refractivity contribution in [3.05, 3.63) is 48.0 Å². The molecule has 0 atom stereocenters. The molecule has 4 nitrogen and oxygen atoms in total. The van der Waals surface area contributed by atoms with Gasteiger partial charge in [0.2, 0.25) is 5.91 Å². The molecule has 1 amide bonds. The number of anilines is 1. The third-order valence-electron chi connectivity index (χ3n) is 3.34. The van der Waals surface area contributed by atoms with E-state index in [4.69, 9.17) is 4.74 Å². The number of methoxy groups -OCH3 is 1. The zero-order chi connectivity index (χ0) is 16.2. The predicted molar refractivity (Wildman–Crippen MR) is 96.7 cm³/mol. The van der Waals surface area contributed by atoms with Crippen LogP contribution in [-0.4, -0.2) is 24.3 Å². The van der Waals surface area contributed by atoms with Crippen molar-refractivity contribution in [1.29, 1.82) is 0 Å². The average Bonchev–Trinajstić information content (AvgIpc) is 2.95. The van der Waals surface area contributed by atoms with Gasteiger partial charge in [0.25, 0.3) is 0 Å². The first-order chi connectivity index (χ1) is 11.2. The van der Waals surface area contributed by atoms with Crippen LogP contribution >= 0.6 is 23.1 Å². The summed E-state index contributed by atoms with van der Waals surface area (Å²) in [6, 6.07) is 13.6. The first kappa shape index (κ1) is 15.8. The molecule has 0 unspecified atom stereocenters. The number of thiazole rings is 1. The second kappa shape index (κ2) is 7.02. The zero-order valence-electron chi connectivity index (χ0n) is 12.8. The Hall–Kier alpha value is -2.05. The summed E-state index contributed by atoms with van der Waals surface area (Å²) in [6.07, 6.45) is 2.34. The molecule has 23 heavy (non-hydrogen) atoms. The highest BCUT2D eigenvalue weighted by Gasteiger charge is 2.09. The van der Waals surface area contributed by atoms with Gasteiger partial charge in [0.15, 0.2) is 5.13 Å². The van der Waals surface area contributed by atoms with Crippen LogP contribution in [0.2, 0.25) is 0 Å². The van der Waals surface area contributed by atoms with Crippen LogP contribution < -0.4 is 10.1 Å². The monoisotopic (exact) mass is 344 g/mol. The maximum Gasteiger partial charge on any atom is 0.230 e. The van der Waals surface area contributed by atoms with Gasteiger partial charge in [-0.15, -0.1) is 11.8 Å². The van der Waals surface area contributed by atoms with Crippen molar-refractivity contribution in [2.75, 3.05) is 18.7 Å². The van der Waals surface area contributed by atoms with Crippen LogP contribution in [0.3, 0.4) is 0 Å². The second-order valence-electron chi connectivity index (χ2n) is 4.93. The lowest BCUT2D eigenvalue weighted by Crippen LogP contribution is -2.14. The number of carbonyl (C=O) groups excluding carboxylic acids is 1. The molecule has 0 bridgehead atoms. The first-order valence-corrected chi connectivity index (χ1v) is 9.09. The minimum Gasteiger partial charge on any atom is -0.497 e. The van der Waals surface area contributed by atoms with E-state index in [1.165, 1.54) is 16.2 Å². The molecule has 0 saturated carbocycles. The molecule has 0 aliphatic heterocycles. The molecule has 3 rings (SSSR count). The van der Waals surface area contributed by atoms with Crippen molar-refractivity contribution < 1.29 is 9.53 Å². The predicted octanol–water partition coefficient (Wildman–Crippen LogP) is 4.21. The number of ether oxygens (including phenoxy) is 1. The fourth-order valence-corrected chi connectivity index (χ4v) is 3.65. The van der Waals surface area contributed by atoms with Gasteiger partial charge in [-0.1, -0.05) is 23.5 Å². The number of carbonyl (C=O) groups is 1. The summed E-state index contributed by atoms with van der Waals surface area (Å²) in [5.41, 5.74) is 1.82. The quantitative estimate of drug-likeness (QED) is 0.705. The van der Waals surface area contributed by atoms with Gasteiger partial charge in [0, 0.05) is 4.90 Å². The van der Waals surface area contributed by atoms with Crippen LogP contribution in [0.25, 0.3) is 10.2 Å². The minimum atomic E-state index is -0.0811. The van der Waals surface area contributed by atoms with E-state index in [-0.39, 0.29) is 5.91 Å². The molecule has 2 aromatic carbocycles. The normalized spacial score (nSPS) is 10.7. The Morgan fingerprint density at radius 1 is 1.30 bits per heavy atom. The molecule has 1 N–H and O–H groups in total. The van der Waals surface area contributed by atoms with E-state index in [0.717, 1.165) is 21.5 Å². The van der Waals surface area contributed by atoms with Gasteiger partial charge < -0.3 is 10.1 Å². The van der Waals surface area contributed by atoms with Gasteiger partial charge in [-0.3, -0.25) is 4.79 Å².